The van der Waals surface area contributed by atoms with Crippen molar-refractivity contribution in [3.05, 3.63) is 30.3 Å². The van der Waals surface area contributed by atoms with Crippen LogP contribution in [0, 0.1) is 17.7 Å². The summed E-state index contributed by atoms with van der Waals surface area (Å²) in [6, 6.07) is 4.55. The van der Waals surface area contributed by atoms with Gasteiger partial charge >= 0.3 is 0 Å². The number of piperidine rings is 1. The number of nitrogens with one attached hydrogen (secondary N) is 1. The third-order valence-electron chi connectivity index (χ3n) is 4.93. The zero-order valence-corrected chi connectivity index (χ0v) is 13.5. The predicted molar refractivity (Wildman–Crippen MR) is 90.2 cm³/mol. The second-order valence-electron chi connectivity index (χ2n) is 6.83. The van der Waals surface area contributed by atoms with Crippen LogP contribution in [0.1, 0.15) is 25.7 Å². The molecule has 126 valence electrons. The molecule has 5 nitrogen and oxygen atoms in total. The Bertz CT molecular complexity index is 762. The Hall–Kier alpha value is -2.24. The number of aromatic nitrogens is 2. The van der Waals surface area contributed by atoms with Crippen LogP contribution in [0.5, 0.6) is 0 Å². The third kappa shape index (κ3) is 3.18. The lowest BCUT2D eigenvalue weighted by atomic mass is 9.96. The topological polar surface area (TPSA) is 58.1 Å². The van der Waals surface area contributed by atoms with Gasteiger partial charge in [0, 0.05) is 25.0 Å². The van der Waals surface area contributed by atoms with E-state index < -0.39 is 0 Å². The fourth-order valence-corrected chi connectivity index (χ4v) is 3.36. The molecule has 4 rings (SSSR count). The van der Waals surface area contributed by atoms with Gasteiger partial charge in [0.25, 0.3) is 0 Å². The molecule has 2 heterocycles. The Morgan fingerprint density at radius 2 is 2.17 bits per heavy atom. The largest absolute Gasteiger partial charge is 0.356 e. The fraction of sp³-hybridized carbons (Fsp3) is 0.500. The number of nitrogens with zero attached hydrogens (tertiary/aromatic N) is 3. The van der Waals surface area contributed by atoms with Crippen LogP contribution in [0.4, 0.5) is 10.2 Å². The van der Waals surface area contributed by atoms with Crippen LogP contribution in [0.2, 0.25) is 0 Å². The summed E-state index contributed by atoms with van der Waals surface area (Å²) in [5.41, 5.74) is 0.724. The van der Waals surface area contributed by atoms with E-state index in [1.165, 1.54) is 31.3 Å². The molecule has 1 aliphatic carbocycles. The minimum Gasteiger partial charge on any atom is -0.356 e. The summed E-state index contributed by atoms with van der Waals surface area (Å²) in [6.07, 6.45) is 5.80. The molecule has 1 saturated carbocycles. The standard InChI is InChI=1S/C18H21FN4O/c19-14-5-6-16-15(8-14)17(22-11-21-16)23-7-1-2-13(10-23)18(24)20-9-12-3-4-12/h5-6,8,11-13H,1-4,7,9-10H2,(H,20,24)/t13-/m0/s1. The summed E-state index contributed by atoms with van der Waals surface area (Å²) >= 11 is 0. The molecule has 1 aromatic carbocycles. The van der Waals surface area contributed by atoms with Gasteiger partial charge in [0.1, 0.15) is 18.0 Å². The van der Waals surface area contributed by atoms with E-state index in [-0.39, 0.29) is 17.6 Å². The van der Waals surface area contributed by atoms with Crippen LogP contribution in [-0.4, -0.2) is 35.5 Å². The van der Waals surface area contributed by atoms with E-state index in [1.807, 2.05) is 0 Å². The quantitative estimate of drug-likeness (QED) is 0.937. The summed E-state index contributed by atoms with van der Waals surface area (Å²) in [7, 11) is 0. The molecule has 0 bridgehead atoms. The van der Waals surface area contributed by atoms with Crippen molar-refractivity contribution in [2.75, 3.05) is 24.5 Å². The molecular weight excluding hydrogens is 307 g/mol. The molecule has 1 aromatic heterocycles. The number of hydrogen-bond donors (Lipinski definition) is 1. The molecule has 1 atom stereocenters. The minimum absolute atomic E-state index is 0.0314. The highest BCUT2D eigenvalue weighted by atomic mass is 19.1. The van der Waals surface area contributed by atoms with Crippen molar-refractivity contribution in [2.45, 2.75) is 25.7 Å². The fourth-order valence-electron chi connectivity index (χ4n) is 3.36. The van der Waals surface area contributed by atoms with Crippen molar-refractivity contribution < 1.29 is 9.18 Å². The second-order valence-corrected chi connectivity index (χ2v) is 6.83. The molecule has 0 radical (unpaired) electrons. The zero-order chi connectivity index (χ0) is 16.5. The average Bonchev–Trinajstić information content (AvgIpc) is 3.43. The van der Waals surface area contributed by atoms with E-state index in [9.17, 15) is 9.18 Å². The van der Waals surface area contributed by atoms with Crippen molar-refractivity contribution in [3.8, 4) is 0 Å². The van der Waals surface area contributed by atoms with Gasteiger partial charge in [-0.05, 0) is 49.8 Å². The summed E-state index contributed by atoms with van der Waals surface area (Å²) in [5, 5.41) is 3.78. The maximum absolute atomic E-state index is 13.6. The van der Waals surface area contributed by atoms with Crippen LogP contribution >= 0.6 is 0 Å². The van der Waals surface area contributed by atoms with E-state index in [2.05, 4.69) is 20.2 Å². The Labute approximate surface area is 140 Å². The molecule has 2 aromatic rings. The van der Waals surface area contributed by atoms with Crippen LogP contribution < -0.4 is 10.2 Å². The predicted octanol–water partition coefficient (Wildman–Crippen LogP) is 2.51. The van der Waals surface area contributed by atoms with Crippen molar-refractivity contribution in [1.29, 1.82) is 0 Å². The molecule has 24 heavy (non-hydrogen) atoms. The Morgan fingerprint density at radius 3 is 3.00 bits per heavy atom. The highest BCUT2D eigenvalue weighted by molar-refractivity contribution is 5.89. The van der Waals surface area contributed by atoms with Gasteiger partial charge in [0.15, 0.2) is 0 Å². The first kappa shape index (κ1) is 15.3. The molecular formula is C18H21FN4O. The summed E-state index contributed by atoms with van der Waals surface area (Å²) < 4.78 is 13.6. The van der Waals surface area contributed by atoms with Crippen molar-refractivity contribution in [3.63, 3.8) is 0 Å². The van der Waals surface area contributed by atoms with E-state index in [1.54, 1.807) is 6.07 Å². The van der Waals surface area contributed by atoms with Gasteiger partial charge in [-0.3, -0.25) is 4.79 Å². The van der Waals surface area contributed by atoms with Crippen molar-refractivity contribution >= 4 is 22.6 Å². The molecule has 2 fully saturated rings. The number of carbonyl (C=O) groups excluding carboxylic acids is 1. The normalized spacial score (nSPS) is 21.0. The number of benzene rings is 1. The SMILES string of the molecule is O=C(NCC1CC1)[C@H]1CCCN(c2ncnc3ccc(F)cc23)C1. The van der Waals surface area contributed by atoms with E-state index >= 15 is 0 Å². The Morgan fingerprint density at radius 1 is 1.29 bits per heavy atom. The van der Waals surface area contributed by atoms with Gasteiger partial charge < -0.3 is 10.2 Å². The highest BCUT2D eigenvalue weighted by Gasteiger charge is 2.29. The molecule has 1 saturated heterocycles. The van der Waals surface area contributed by atoms with Crippen molar-refractivity contribution in [1.82, 2.24) is 15.3 Å². The molecule has 1 N–H and O–H groups in total. The van der Waals surface area contributed by atoms with Crippen LogP contribution in [-0.2, 0) is 4.79 Å². The lowest BCUT2D eigenvalue weighted by molar-refractivity contribution is -0.125. The maximum Gasteiger partial charge on any atom is 0.224 e. The zero-order valence-electron chi connectivity index (χ0n) is 13.5. The number of anilines is 1. The van der Waals surface area contributed by atoms with E-state index in [0.717, 1.165) is 37.3 Å². The van der Waals surface area contributed by atoms with Gasteiger partial charge in [-0.1, -0.05) is 0 Å². The second kappa shape index (κ2) is 6.34. The Balaban J connectivity index is 1.53. The number of amides is 1. The minimum atomic E-state index is -0.297. The molecule has 0 unspecified atom stereocenters. The summed E-state index contributed by atoms with van der Waals surface area (Å²) in [4.78, 5) is 23.1. The number of hydrogen-bond acceptors (Lipinski definition) is 4. The van der Waals surface area contributed by atoms with Crippen molar-refractivity contribution in [2.24, 2.45) is 11.8 Å². The molecule has 1 aliphatic heterocycles. The first-order valence-electron chi connectivity index (χ1n) is 8.63. The van der Waals surface area contributed by atoms with E-state index in [4.69, 9.17) is 0 Å². The summed E-state index contributed by atoms with van der Waals surface area (Å²) in [6.45, 7) is 2.26. The monoisotopic (exact) mass is 328 g/mol. The number of rotatable bonds is 4. The third-order valence-corrected chi connectivity index (χ3v) is 4.93. The first-order valence-corrected chi connectivity index (χ1v) is 8.63. The van der Waals surface area contributed by atoms with Gasteiger partial charge in [-0.25, -0.2) is 14.4 Å². The smallest absolute Gasteiger partial charge is 0.224 e. The lowest BCUT2D eigenvalue weighted by Gasteiger charge is -2.33. The molecule has 1 amide bonds. The number of halogens is 1. The Kier molecular flexibility index (Phi) is 4.04. The highest BCUT2D eigenvalue weighted by Crippen LogP contribution is 2.29. The first-order chi connectivity index (χ1) is 11.7. The van der Waals surface area contributed by atoms with Gasteiger partial charge in [-0.2, -0.15) is 0 Å². The number of fused-ring (bicyclic) bond motifs is 1. The average molecular weight is 328 g/mol. The van der Waals surface area contributed by atoms with Crippen LogP contribution in [0.25, 0.3) is 10.9 Å². The van der Waals surface area contributed by atoms with E-state index in [0.29, 0.717) is 17.8 Å². The van der Waals surface area contributed by atoms with Gasteiger partial charge in [0.2, 0.25) is 5.91 Å². The molecule has 6 heteroatoms. The lowest BCUT2D eigenvalue weighted by Crippen LogP contribution is -2.43. The maximum atomic E-state index is 13.6. The van der Waals surface area contributed by atoms with Crippen LogP contribution in [0.3, 0.4) is 0 Å². The van der Waals surface area contributed by atoms with Gasteiger partial charge in [0.05, 0.1) is 11.4 Å². The summed E-state index contributed by atoms with van der Waals surface area (Å²) in [5.74, 6) is 1.21. The number of carbonyl (C=O) groups is 1. The van der Waals surface area contributed by atoms with Crippen LogP contribution in [0.15, 0.2) is 24.5 Å². The molecule has 0 spiro atoms. The van der Waals surface area contributed by atoms with Gasteiger partial charge in [-0.15, -0.1) is 0 Å². The molecule has 2 aliphatic rings.